The van der Waals surface area contributed by atoms with Crippen LogP contribution >= 0.6 is 0 Å². The molecule has 1 saturated carbocycles. The van der Waals surface area contributed by atoms with Crippen molar-refractivity contribution in [3.8, 4) is 11.1 Å². The van der Waals surface area contributed by atoms with Crippen LogP contribution in [0.4, 0.5) is 11.4 Å². The molecule has 3 heterocycles. The first-order valence-electron chi connectivity index (χ1n) is 10.6. The molecule has 156 valence electrons. The number of carbonyl (C=O) groups excluding carboxylic acids is 1. The van der Waals surface area contributed by atoms with Gasteiger partial charge in [-0.05, 0) is 48.6 Å². The highest BCUT2D eigenvalue weighted by Crippen LogP contribution is 2.42. The molecule has 1 amide bonds. The molecule has 1 aromatic carbocycles. The van der Waals surface area contributed by atoms with E-state index in [1.165, 1.54) is 5.56 Å². The number of aromatic nitrogens is 1. The second-order valence-corrected chi connectivity index (χ2v) is 8.54. The average Bonchev–Trinajstić information content (AvgIpc) is 3.59. The van der Waals surface area contributed by atoms with Crippen molar-refractivity contribution in [3.05, 3.63) is 42.2 Å². The van der Waals surface area contributed by atoms with Gasteiger partial charge in [0.2, 0.25) is 5.91 Å². The third-order valence-corrected chi connectivity index (χ3v) is 6.85. The molecule has 0 bridgehead atoms. The van der Waals surface area contributed by atoms with Gasteiger partial charge in [0.05, 0.1) is 11.9 Å². The second kappa shape index (κ2) is 7.09. The Morgan fingerprint density at radius 3 is 2.50 bits per heavy atom. The molecule has 1 aliphatic carbocycles. The minimum atomic E-state index is -0.681. The Morgan fingerprint density at radius 2 is 1.80 bits per heavy atom. The Labute approximate surface area is 175 Å². The van der Waals surface area contributed by atoms with Gasteiger partial charge in [-0.3, -0.25) is 19.5 Å². The third kappa shape index (κ3) is 3.13. The van der Waals surface area contributed by atoms with Crippen molar-refractivity contribution >= 4 is 23.3 Å². The van der Waals surface area contributed by atoms with Crippen LogP contribution in [0, 0.1) is 0 Å². The molecule has 7 nitrogen and oxygen atoms in total. The maximum atomic E-state index is 11.9. The van der Waals surface area contributed by atoms with E-state index in [-0.39, 0.29) is 5.91 Å². The van der Waals surface area contributed by atoms with Crippen LogP contribution < -0.4 is 9.80 Å². The SMILES string of the molecule is CN1C(=O)CCc2cc(-c3cncc(N4CCN(C5(C(=O)O)CC5)CC4)c3)ccc21. The predicted molar refractivity (Wildman–Crippen MR) is 115 cm³/mol. The number of carbonyl (C=O) groups is 2. The van der Waals surface area contributed by atoms with Gasteiger partial charge in [-0.25, -0.2) is 0 Å². The van der Waals surface area contributed by atoms with Crippen molar-refractivity contribution < 1.29 is 14.7 Å². The molecule has 2 aromatic rings. The van der Waals surface area contributed by atoms with Crippen molar-refractivity contribution in [2.24, 2.45) is 0 Å². The first-order chi connectivity index (χ1) is 14.5. The van der Waals surface area contributed by atoms with E-state index in [2.05, 4.69) is 33.0 Å². The molecule has 30 heavy (non-hydrogen) atoms. The predicted octanol–water partition coefficient (Wildman–Crippen LogP) is 2.40. The van der Waals surface area contributed by atoms with Crippen LogP contribution in [0.15, 0.2) is 36.7 Å². The van der Waals surface area contributed by atoms with Crippen LogP contribution in [-0.4, -0.2) is 65.6 Å². The molecule has 1 aromatic heterocycles. The first kappa shape index (κ1) is 19.1. The number of aliphatic carboxylic acids is 1. The number of nitrogens with zero attached hydrogens (tertiary/aromatic N) is 4. The number of hydrogen-bond donors (Lipinski definition) is 1. The van der Waals surface area contributed by atoms with E-state index in [4.69, 9.17) is 0 Å². The number of aryl methyl sites for hydroxylation is 1. The van der Waals surface area contributed by atoms with Gasteiger partial charge in [0.1, 0.15) is 5.54 Å². The van der Waals surface area contributed by atoms with E-state index in [1.807, 2.05) is 25.5 Å². The number of piperazine rings is 1. The molecular formula is C23H26N4O3. The number of pyridine rings is 1. The molecule has 3 aliphatic rings. The van der Waals surface area contributed by atoms with E-state index in [0.29, 0.717) is 6.42 Å². The Morgan fingerprint density at radius 1 is 1.03 bits per heavy atom. The fourth-order valence-electron chi connectivity index (χ4n) is 4.77. The van der Waals surface area contributed by atoms with E-state index in [9.17, 15) is 14.7 Å². The van der Waals surface area contributed by atoms with E-state index in [1.54, 1.807) is 4.90 Å². The summed E-state index contributed by atoms with van der Waals surface area (Å²) < 4.78 is 0. The minimum absolute atomic E-state index is 0.161. The first-order valence-corrected chi connectivity index (χ1v) is 10.6. The van der Waals surface area contributed by atoms with Crippen molar-refractivity contribution in [2.45, 2.75) is 31.2 Å². The quantitative estimate of drug-likeness (QED) is 0.840. The number of benzene rings is 1. The molecule has 0 spiro atoms. The summed E-state index contributed by atoms with van der Waals surface area (Å²) in [5.74, 6) is -0.520. The summed E-state index contributed by atoms with van der Waals surface area (Å²) in [4.78, 5) is 34.1. The summed E-state index contributed by atoms with van der Waals surface area (Å²) >= 11 is 0. The minimum Gasteiger partial charge on any atom is -0.480 e. The molecule has 0 unspecified atom stereocenters. The van der Waals surface area contributed by atoms with E-state index >= 15 is 0 Å². The number of rotatable bonds is 4. The number of carboxylic acids is 1. The standard InChI is InChI=1S/C23H26N4O3/c1-25-20-4-2-16(12-17(20)3-5-21(25)28)18-13-19(15-24-14-18)26-8-10-27(11-9-26)23(6-7-23)22(29)30/h2,4,12-15H,3,5-11H2,1H3,(H,29,30). The molecule has 0 atom stereocenters. The van der Waals surface area contributed by atoms with Crippen molar-refractivity contribution in [2.75, 3.05) is 43.0 Å². The summed E-state index contributed by atoms with van der Waals surface area (Å²) in [5.41, 5.74) is 4.80. The van der Waals surface area contributed by atoms with Crippen LogP contribution in [-0.2, 0) is 16.0 Å². The normalized spacial score (nSPS) is 20.8. The van der Waals surface area contributed by atoms with Gasteiger partial charge in [-0.1, -0.05) is 6.07 Å². The average molecular weight is 406 g/mol. The maximum Gasteiger partial charge on any atom is 0.324 e. The highest BCUT2D eigenvalue weighted by Gasteiger charge is 2.55. The van der Waals surface area contributed by atoms with Crippen LogP contribution in [0.5, 0.6) is 0 Å². The summed E-state index contributed by atoms with van der Waals surface area (Å²) in [6.45, 7) is 3.12. The molecule has 2 fully saturated rings. The lowest BCUT2D eigenvalue weighted by molar-refractivity contribution is -0.145. The van der Waals surface area contributed by atoms with Gasteiger partial charge in [-0.15, -0.1) is 0 Å². The number of carboxylic acid groups (broad SMARTS) is 1. The van der Waals surface area contributed by atoms with Gasteiger partial charge >= 0.3 is 5.97 Å². The molecule has 1 N–H and O–H groups in total. The summed E-state index contributed by atoms with van der Waals surface area (Å²) in [7, 11) is 1.83. The molecule has 0 radical (unpaired) electrons. The van der Waals surface area contributed by atoms with Crippen LogP contribution in [0.2, 0.25) is 0 Å². The zero-order valence-corrected chi connectivity index (χ0v) is 17.2. The number of hydrogen-bond acceptors (Lipinski definition) is 5. The van der Waals surface area contributed by atoms with Gasteiger partial charge in [0.15, 0.2) is 0 Å². The van der Waals surface area contributed by atoms with Crippen LogP contribution in [0.25, 0.3) is 11.1 Å². The summed E-state index contributed by atoms with van der Waals surface area (Å²) in [6, 6.07) is 8.40. The lowest BCUT2D eigenvalue weighted by Crippen LogP contribution is -2.54. The highest BCUT2D eigenvalue weighted by molar-refractivity contribution is 5.96. The topological polar surface area (TPSA) is 77.0 Å². The largest absolute Gasteiger partial charge is 0.480 e. The van der Waals surface area contributed by atoms with E-state index in [0.717, 1.165) is 67.9 Å². The van der Waals surface area contributed by atoms with Crippen LogP contribution in [0.3, 0.4) is 0 Å². The Balaban J connectivity index is 1.33. The smallest absolute Gasteiger partial charge is 0.324 e. The van der Waals surface area contributed by atoms with E-state index < -0.39 is 11.5 Å². The van der Waals surface area contributed by atoms with Crippen molar-refractivity contribution in [1.29, 1.82) is 0 Å². The Bertz CT molecular complexity index is 1010. The molecule has 2 aliphatic heterocycles. The Hall–Kier alpha value is -2.93. The van der Waals surface area contributed by atoms with Crippen molar-refractivity contribution in [3.63, 3.8) is 0 Å². The monoisotopic (exact) mass is 406 g/mol. The number of fused-ring (bicyclic) bond motifs is 1. The number of anilines is 2. The highest BCUT2D eigenvalue weighted by atomic mass is 16.4. The maximum absolute atomic E-state index is 11.9. The summed E-state index contributed by atoms with van der Waals surface area (Å²) in [5, 5.41) is 9.53. The van der Waals surface area contributed by atoms with Gasteiger partial charge in [-0.2, -0.15) is 0 Å². The number of amides is 1. The summed E-state index contributed by atoms with van der Waals surface area (Å²) in [6.07, 6.45) is 6.61. The second-order valence-electron chi connectivity index (χ2n) is 8.54. The zero-order valence-electron chi connectivity index (χ0n) is 17.2. The van der Waals surface area contributed by atoms with Gasteiger partial charge in [0.25, 0.3) is 0 Å². The molecular weight excluding hydrogens is 380 g/mol. The van der Waals surface area contributed by atoms with Crippen LogP contribution in [0.1, 0.15) is 24.8 Å². The zero-order chi connectivity index (χ0) is 20.9. The molecule has 7 heteroatoms. The molecule has 1 saturated heterocycles. The fraction of sp³-hybridized carbons (Fsp3) is 0.435. The lowest BCUT2D eigenvalue weighted by Gasteiger charge is -2.39. The van der Waals surface area contributed by atoms with Crippen molar-refractivity contribution in [1.82, 2.24) is 9.88 Å². The van der Waals surface area contributed by atoms with Gasteiger partial charge < -0.3 is 14.9 Å². The molecule has 5 rings (SSSR count). The van der Waals surface area contributed by atoms with Gasteiger partial charge in [0, 0.05) is 57.1 Å². The lowest BCUT2D eigenvalue weighted by atomic mass is 9.96. The Kier molecular flexibility index (Phi) is 4.50. The third-order valence-electron chi connectivity index (χ3n) is 6.85. The fourth-order valence-corrected chi connectivity index (χ4v) is 4.77.